The molecule has 94 valence electrons. The molecule has 1 unspecified atom stereocenters. The Balaban J connectivity index is 1.92. The van der Waals surface area contributed by atoms with Crippen LogP contribution in [0.1, 0.15) is 19.5 Å². The van der Waals surface area contributed by atoms with E-state index in [4.69, 9.17) is 9.47 Å². The maximum Gasteiger partial charge on any atom is 0.251 e. The number of hydrogen-bond acceptors (Lipinski definition) is 5. The van der Waals surface area contributed by atoms with Crippen LogP contribution in [0.3, 0.4) is 0 Å². The lowest BCUT2D eigenvalue weighted by Gasteiger charge is -2.16. The van der Waals surface area contributed by atoms with Crippen LogP contribution in [0.2, 0.25) is 0 Å². The Bertz CT molecular complexity index is 458. The summed E-state index contributed by atoms with van der Waals surface area (Å²) in [6.45, 7) is 6.17. The van der Waals surface area contributed by atoms with Gasteiger partial charge in [0.2, 0.25) is 0 Å². The Morgan fingerprint density at radius 3 is 3.00 bits per heavy atom. The van der Waals surface area contributed by atoms with Gasteiger partial charge in [-0.15, -0.1) is 0 Å². The first-order valence-corrected chi connectivity index (χ1v) is 6.46. The van der Waals surface area contributed by atoms with E-state index in [9.17, 15) is 4.79 Å². The molecule has 2 heterocycles. The summed E-state index contributed by atoms with van der Waals surface area (Å²) in [6.07, 6.45) is 0.0424. The molecule has 0 aliphatic carbocycles. The van der Waals surface area contributed by atoms with Gasteiger partial charge in [0.15, 0.2) is 10.9 Å². The van der Waals surface area contributed by atoms with Crippen molar-refractivity contribution in [2.24, 2.45) is 0 Å². The maximum absolute atomic E-state index is 11.2. The molecule has 1 aliphatic rings. The van der Waals surface area contributed by atoms with Crippen LogP contribution in [-0.2, 0) is 9.47 Å². The molecule has 0 amide bonds. The number of aryl methyl sites for hydroxylation is 1. The summed E-state index contributed by atoms with van der Waals surface area (Å²) in [5.74, 6) is 0.217. The molecule has 1 saturated heterocycles. The van der Waals surface area contributed by atoms with Crippen molar-refractivity contribution in [3.05, 3.63) is 22.1 Å². The number of H-pyrrole nitrogens is 1. The lowest BCUT2D eigenvalue weighted by molar-refractivity contribution is -0.135. The number of thioether (sulfide) groups is 1. The van der Waals surface area contributed by atoms with Crippen LogP contribution in [0.25, 0.3) is 0 Å². The number of ether oxygens (including phenoxy) is 2. The molecule has 0 spiro atoms. The number of hydrogen-bond donors (Lipinski definition) is 1. The molecule has 0 bridgehead atoms. The smallest absolute Gasteiger partial charge is 0.251 e. The first-order valence-electron chi connectivity index (χ1n) is 5.47. The van der Waals surface area contributed by atoms with Crippen LogP contribution in [0.4, 0.5) is 0 Å². The van der Waals surface area contributed by atoms with Gasteiger partial charge in [-0.25, -0.2) is 4.98 Å². The largest absolute Gasteiger partial charge is 0.348 e. The number of aromatic nitrogens is 2. The van der Waals surface area contributed by atoms with Crippen molar-refractivity contribution in [1.29, 1.82) is 0 Å². The molecule has 1 atom stereocenters. The molecule has 1 fully saturated rings. The topological polar surface area (TPSA) is 64.2 Å². The predicted molar refractivity (Wildman–Crippen MR) is 65.2 cm³/mol. The molecule has 2 rings (SSSR count). The summed E-state index contributed by atoms with van der Waals surface area (Å²) >= 11 is 1.48. The Kier molecular flexibility index (Phi) is 3.56. The highest BCUT2D eigenvalue weighted by molar-refractivity contribution is 7.99. The second-order valence-corrected chi connectivity index (χ2v) is 5.46. The van der Waals surface area contributed by atoms with Crippen molar-refractivity contribution in [1.82, 2.24) is 9.97 Å². The van der Waals surface area contributed by atoms with Gasteiger partial charge in [0.25, 0.3) is 5.56 Å². The van der Waals surface area contributed by atoms with Crippen LogP contribution in [0, 0.1) is 6.92 Å². The second-order valence-electron chi connectivity index (χ2n) is 4.45. The highest BCUT2D eigenvalue weighted by atomic mass is 32.2. The van der Waals surface area contributed by atoms with Gasteiger partial charge in [-0.2, -0.15) is 0 Å². The van der Waals surface area contributed by atoms with Gasteiger partial charge in [0, 0.05) is 17.5 Å². The Morgan fingerprint density at radius 2 is 2.41 bits per heavy atom. The van der Waals surface area contributed by atoms with Crippen LogP contribution in [-0.4, -0.2) is 34.2 Å². The number of aromatic amines is 1. The quantitative estimate of drug-likeness (QED) is 0.652. The summed E-state index contributed by atoms with van der Waals surface area (Å²) in [7, 11) is 0. The summed E-state index contributed by atoms with van der Waals surface area (Å²) in [5.41, 5.74) is 0.601. The Labute approximate surface area is 104 Å². The van der Waals surface area contributed by atoms with Gasteiger partial charge in [0.1, 0.15) is 0 Å². The van der Waals surface area contributed by atoms with Crippen molar-refractivity contribution in [3.8, 4) is 0 Å². The van der Waals surface area contributed by atoms with E-state index in [0.29, 0.717) is 11.8 Å². The monoisotopic (exact) mass is 256 g/mol. The van der Waals surface area contributed by atoms with Crippen LogP contribution < -0.4 is 5.56 Å². The first-order chi connectivity index (χ1) is 7.94. The van der Waals surface area contributed by atoms with Gasteiger partial charge in [0.05, 0.1) is 12.7 Å². The minimum Gasteiger partial charge on any atom is -0.348 e. The SMILES string of the molecule is Cc1cc(=O)[nH]c(SCC2COC(C)(C)O2)n1. The maximum atomic E-state index is 11.2. The normalized spacial score (nSPS) is 22.9. The van der Waals surface area contributed by atoms with E-state index < -0.39 is 5.79 Å². The van der Waals surface area contributed by atoms with E-state index in [1.165, 1.54) is 17.8 Å². The van der Waals surface area contributed by atoms with Crippen LogP contribution in [0.5, 0.6) is 0 Å². The van der Waals surface area contributed by atoms with Crippen molar-refractivity contribution in [2.75, 3.05) is 12.4 Å². The summed E-state index contributed by atoms with van der Waals surface area (Å²) in [5, 5.41) is 0.628. The fraction of sp³-hybridized carbons (Fsp3) is 0.636. The van der Waals surface area contributed by atoms with E-state index in [2.05, 4.69) is 9.97 Å². The molecule has 6 heteroatoms. The molecule has 1 aliphatic heterocycles. The van der Waals surface area contributed by atoms with Gasteiger partial charge in [-0.1, -0.05) is 11.8 Å². The molecule has 0 saturated carbocycles. The molecule has 1 aromatic heterocycles. The van der Waals surface area contributed by atoms with Gasteiger partial charge >= 0.3 is 0 Å². The minimum atomic E-state index is -0.501. The lowest BCUT2D eigenvalue weighted by atomic mass is 10.4. The highest BCUT2D eigenvalue weighted by Gasteiger charge is 2.32. The summed E-state index contributed by atoms with van der Waals surface area (Å²) in [6, 6.07) is 1.47. The van der Waals surface area contributed by atoms with Crippen molar-refractivity contribution < 1.29 is 9.47 Å². The third kappa shape index (κ3) is 3.55. The fourth-order valence-electron chi connectivity index (χ4n) is 1.64. The molecule has 1 aromatic rings. The standard InChI is InChI=1S/C11H16N2O3S/c1-7-4-9(14)13-10(12-7)17-6-8-5-15-11(2,3)16-8/h4,8H,5-6H2,1-3H3,(H,12,13,14). The van der Waals surface area contributed by atoms with Crippen molar-refractivity contribution >= 4 is 11.8 Å². The van der Waals surface area contributed by atoms with E-state index in [1.54, 1.807) is 6.92 Å². The molecule has 0 aromatic carbocycles. The summed E-state index contributed by atoms with van der Waals surface area (Å²) < 4.78 is 11.1. The highest BCUT2D eigenvalue weighted by Crippen LogP contribution is 2.25. The average molecular weight is 256 g/mol. The molecule has 5 nitrogen and oxygen atoms in total. The molecular weight excluding hydrogens is 240 g/mol. The lowest BCUT2D eigenvalue weighted by Crippen LogP contribution is -2.22. The third-order valence-corrected chi connectivity index (χ3v) is 3.33. The van der Waals surface area contributed by atoms with Crippen LogP contribution in [0.15, 0.2) is 16.0 Å². The fourth-order valence-corrected chi connectivity index (χ4v) is 2.53. The van der Waals surface area contributed by atoms with Gasteiger partial charge in [-0.3, -0.25) is 4.79 Å². The number of rotatable bonds is 3. The minimum absolute atomic E-state index is 0.0424. The van der Waals surface area contributed by atoms with Crippen LogP contribution >= 0.6 is 11.8 Å². The zero-order valence-electron chi connectivity index (χ0n) is 10.1. The molecule has 1 N–H and O–H groups in total. The second kappa shape index (κ2) is 4.80. The molecule has 17 heavy (non-hydrogen) atoms. The van der Waals surface area contributed by atoms with E-state index in [-0.39, 0.29) is 11.7 Å². The Morgan fingerprint density at radius 1 is 1.65 bits per heavy atom. The Hall–Kier alpha value is -0.850. The first kappa shape index (κ1) is 12.6. The van der Waals surface area contributed by atoms with Crippen molar-refractivity contribution in [2.45, 2.75) is 37.8 Å². The van der Waals surface area contributed by atoms with Gasteiger partial charge in [-0.05, 0) is 20.8 Å². The van der Waals surface area contributed by atoms with E-state index in [0.717, 1.165) is 11.4 Å². The number of nitrogens with zero attached hydrogens (tertiary/aromatic N) is 1. The van der Waals surface area contributed by atoms with Gasteiger partial charge < -0.3 is 14.5 Å². The average Bonchev–Trinajstić information content (AvgIpc) is 2.54. The zero-order valence-corrected chi connectivity index (χ0v) is 11.0. The number of nitrogens with one attached hydrogen (secondary N) is 1. The summed E-state index contributed by atoms with van der Waals surface area (Å²) in [4.78, 5) is 18.2. The molecular formula is C11H16N2O3S. The predicted octanol–water partition coefficient (Wildman–Crippen LogP) is 1.32. The van der Waals surface area contributed by atoms with E-state index >= 15 is 0 Å². The molecule has 0 radical (unpaired) electrons. The van der Waals surface area contributed by atoms with Crippen molar-refractivity contribution in [3.63, 3.8) is 0 Å². The van der Waals surface area contributed by atoms with E-state index in [1.807, 2.05) is 13.8 Å². The zero-order chi connectivity index (χ0) is 12.5. The third-order valence-electron chi connectivity index (χ3n) is 2.32.